The number of rotatable bonds is 10. The van der Waals surface area contributed by atoms with Crippen molar-refractivity contribution in [1.82, 2.24) is 15.3 Å². The molecule has 1 aromatic heterocycles. The fourth-order valence-electron chi connectivity index (χ4n) is 5.45. The van der Waals surface area contributed by atoms with Gasteiger partial charge in [0.25, 0.3) is 0 Å². The highest BCUT2D eigenvalue weighted by atomic mass is 35.5. The zero-order valence-electron chi connectivity index (χ0n) is 23.2. The Bertz CT molecular complexity index is 1360. The number of carbonyl (C=O) groups is 2. The number of hydrogen-bond donors (Lipinski definition) is 2. The molecule has 2 N–H and O–H groups in total. The van der Waals surface area contributed by atoms with Crippen LogP contribution in [0.1, 0.15) is 98.2 Å². The van der Waals surface area contributed by atoms with Crippen molar-refractivity contribution < 1.29 is 14.7 Å². The van der Waals surface area contributed by atoms with E-state index in [0.717, 1.165) is 47.5 Å². The summed E-state index contributed by atoms with van der Waals surface area (Å²) in [5, 5.41) is 12.8. The minimum Gasteiger partial charge on any atom is -0.481 e. The number of nitrogens with one attached hydrogen (secondary N) is 1. The zero-order valence-corrected chi connectivity index (χ0v) is 24.0. The average molecular weight is 560 g/mol. The predicted octanol–water partition coefficient (Wildman–Crippen LogP) is 7.29. The quantitative estimate of drug-likeness (QED) is 0.235. The van der Waals surface area contributed by atoms with Crippen molar-refractivity contribution in [1.29, 1.82) is 0 Å². The molecule has 0 spiro atoms. The van der Waals surface area contributed by atoms with Crippen molar-refractivity contribution in [2.45, 2.75) is 83.6 Å². The Morgan fingerprint density at radius 3 is 2.70 bits per heavy atom. The molecule has 1 amide bonds. The van der Waals surface area contributed by atoms with Gasteiger partial charge in [0.2, 0.25) is 5.91 Å². The molecule has 7 heteroatoms. The fourth-order valence-corrected chi connectivity index (χ4v) is 5.52. The van der Waals surface area contributed by atoms with Crippen LogP contribution in [0.15, 0.2) is 59.7 Å². The maximum atomic E-state index is 13.5. The summed E-state index contributed by atoms with van der Waals surface area (Å²) < 4.78 is 0. The maximum Gasteiger partial charge on any atom is 0.303 e. The number of aliphatic carboxylic acids is 1. The molecule has 0 saturated heterocycles. The van der Waals surface area contributed by atoms with Gasteiger partial charge in [-0.25, -0.2) is 9.97 Å². The summed E-state index contributed by atoms with van der Waals surface area (Å²) in [5.74, 6) is -0.849. The first-order chi connectivity index (χ1) is 19.4. The number of carbonyl (C=O) groups excluding carboxylic acids is 1. The van der Waals surface area contributed by atoms with Crippen LogP contribution in [0.25, 0.3) is 11.6 Å². The van der Waals surface area contributed by atoms with Gasteiger partial charge in [0.1, 0.15) is 0 Å². The molecule has 1 heterocycles. The Labute approximate surface area is 242 Å². The smallest absolute Gasteiger partial charge is 0.303 e. The van der Waals surface area contributed by atoms with E-state index < -0.39 is 5.97 Å². The molecule has 2 aliphatic carbocycles. The summed E-state index contributed by atoms with van der Waals surface area (Å²) in [4.78, 5) is 34.5. The van der Waals surface area contributed by atoms with Crippen molar-refractivity contribution in [2.24, 2.45) is 0 Å². The second-order valence-electron chi connectivity index (χ2n) is 10.5. The van der Waals surface area contributed by atoms with E-state index in [1.54, 1.807) is 6.08 Å². The minimum absolute atomic E-state index is 0.00488. The SMILES string of the molecule is C=C(Cl)/C=C\C(=C/C)c1nc2c(nc1CCCCC(=O)O)C=C(C(=O)N[C@@H]1CCCCCc3ccccc31)CC2. The predicted molar refractivity (Wildman–Crippen MR) is 161 cm³/mol. The molecule has 0 unspecified atom stereocenters. The number of unbranched alkanes of at least 4 members (excludes halogenated alkanes) is 1. The number of hydrogen-bond acceptors (Lipinski definition) is 4. The van der Waals surface area contributed by atoms with Crippen molar-refractivity contribution in [3.8, 4) is 0 Å². The maximum absolute atomic E-state index is 13.5. The van der Waals surface area contributed by atoms with Crippen LogP contribution in [0.3, 0.4) is 0 Å². The van der Waals surface area contributed by atoms with E-state index in [2.05, 4.69) is 36.2 Å². The van der Waals surface area contributed by atoms with Crippen LogP contribution in [0, 0.1) is 0 Å². The second kappa shape index (κ2) is 14.2. The largest absolute Gasteiger partial charge is 0.481 e. The highest BCUT2D eigenvalue weighted by Gasteiger charge is 2.25. The summed E-state index contributed by atoms with van der Waals surface area (Å²) in [7, 11) is 0. The molecule has 0 aliphatic heterocycles. The molecule has 1 aromatic carbocycles. The van der Waals surface area contributed by atoms with Crippen molar-refractivity contribution in [3.63, 3.8) is 0 Å². The third-order valence-electron chi connectivity index (χ3n) is 7.56. The summed E-state index contributed by atoms with van der Waals surface area (Å²) in [6.07, 6.45) is 16.0. The monoisotopic (exact) mass is 559 g/mol. The number of benzene rings is 1. The van der Waals surface area contributed by atoms with Gasteiger partial charge in [0.05, 0.1) is 28.8 Å². The molecule has 0 bridgehead atoms. The molecule has 2 aliphatic rings. The van der Waals surface area contributed by atoms with Crippen LogP contribution >= 0.6 is 11.6 Å². The number of aryl methyl sites for hydroxylation is 3. The first-order valence-corrected chi connectivity index (χ1v) is 14.6. The zero-order chi connectivity index (χ0) is 28.5. The van der Waals surface area contributed by atoms with E-state index in [9.17, 15) is 9.59 Å². The van der Waals surface area contributed by atoms with Gasteiger partial charge in [0, 0.05) is 17.0 Å². The van der Waals surface area contributed by atoms with E-state index in [-0.39, 0.29) is 18.4 Å². The standard InChI is InChI=1S/C33H38ClN3O3/c1-3-23(18-17-22(2)34)32-29(15-9-10-16-31(38)39)35-30-21-25(19-20-28(30)36-32)33(40)37-27-14-6-4-5-11-24-12-7-8-13-26(24)27/h3,7-8,12-13,17-18,21,27H,2,4-6,9-11,14-16,19-20H2,1H3,(H,37,40)(H,38,39)/b18-17-,23-3+/t27-/m1/s1. The summed E-state index contributed by atoms with van der Waals surface area (Å²) >= 11 is 5.97. The van der Waals surface area contributed by atoms with Crippen LogP contribution in [0.4, 0.5) is 0 Å². The fraction of sp³-hybridized carbons (Fsp3) is 0.394. The number of halogens is 1. The van der Waals surface area contributed by atoms with Crippen LogP contribution < -0.4 is 5.32 Å². The Kier molecular flexibility index (Phi) is 10.5. The van der Waals surface area contributed by atoms with E-state index in [1.165, 1.54) is 24.0 Å². The Balaban J connectivity index is 1.60. The average Bonchev–Trinajstić information content (AvgIpc) is 2.93. The molecule has 2 aromatic rings. The van der Waals surface area contributed by atoms with E-state index in [0.29, 0.717) is 42.8 Å². The third-order valence-corrected chi connectivity index (χ3v) is 7.69. The lowest BCUT2D eigenvalue weighted by Gasteiger charge is -2.25. The molecule has 210 valence electrons. The summed E-state index contributed by atoms with van der Waals surface area (Å²) in [5.41, 5.74) is 7.27. The minimum atomic E-state index is -0.806. The molecule has 0 radical (unpaired) electrons. The number of allylic oxidation sites excluding steroid dienone is 5. The number of carboxylic acid groups (broad SMARTS) is 1. The molecule has 1 atom stereocenters. The van der Waals surface area contributed by atoms with E-state index in [4.69, 9.17) is 26.7 Å². The summed E-state index contributed by atoms with van der Waals surface area (Å²) in [6, 6.07) is 8.46. The van der Waals surface area contributed by atoms with Crippen molar-refractivity contribution in [2.75, 3.05) is 0 Å². The lowest BCUT2D eigenvalue weighted by atomic mass is 9.89. The first kappa shape index (κ1) is 29.5. The van der Waals surface area contributed by atoms with Gasteiger partial charge in [0.15, 0.2) is 0 Å². The molecule has 40 heavy (non-hydrogen) atoms. The third kappa shape index (κ3) is 7.79. The molecule has 4 rings (SSSR count). The number of aromatic nitrogens is 2. The van der Waals surface area contributed by atoms with Crippen molar-refractivity contribution >= 4 is 35.1 Å². The first-order valence-electron chi connectivity index (χ1n) is 14.3. The Morgan fingerprint density at radius 2 is 1.93 bits per heavy atom. The van der Waals surface area contributed by atoms with Gasteiger partial charge in [-0.15, -0.1) is 0 Å². The Hall–Kier alpha value is -3.51. The van der Waals surface area contributed by atoms with Gasteiger partial charge < -0.3 is 10.4 Å². The van der Waals surface area contributed by atoms with E-state index >= 15 is 0 Å². The molecule has 0 saturated carbocycles. The van der Waals surface area contributed by atoms with Crippen LogP contribution in [0.2, 0.25) is 0 Å². The van der Waals surface area contributed by atoms with Crippen LogP contribution in [-0.4, -0.2) is 27.0 Å². The Morgan fingerprint density at radius 1 is 1.10 bits per heavy atom. The lowest BCUT2D eigenvalue weighted by molar-refractivity contribution is -0.137. The normalized spacial score (nSPS) is 17.3. The highest BCUT2D eigenvalue weighted by Crippen LogP contribution is 2.30. The molecule has 0 fully saturated rings. The van der Waals surface area contributed by atoms with Gasteiger partial charge >= 0.3 is 5.97 Å². The van der Waals surface area contributed by atoms with Crippen LogP contribution in [-0.2, 0) is 28.9 Å². The lowest BCUT2D eigenvalue weighted by Crippen LogP contribution is -2.31. The topological polar surface area (TPSA) is 92.2 Å². The van der Waals surface area contributed by atoms with Crippen molar-refractivity contribution in [3.05, 3.63) is 93.6 Å². The van der Waals surface area contributed by atoms with Crippen LogP contribution in [0.5, 0.6) is 0 Å². The summed E-state index contributed by atoms with van der Waals surface area (Å²) in [6.45, 7) is 5.66. The number of nitrogens with zero attached hydrogens (tertiary/aromatic N) is 2. The second-order valence-corrected chi connectivity index (χ2v) is 11.0. The molecule has 6 nitrogen and oxygen atoms in total. The van der Waals surface area contributed by atoms with Gasteiger partial charge in [-0.2, -0.15) is 0 Å². The van der Waals surface area contributed by atoms with E-state index in [1.807, 2.05) is 25.2 Å². The van der Waals surface area contributed by atoms with Gasteiger partial charge in [-0.3, -0.25) is 9.59 Å². The molecular formula is C33H38ClN3O3. The van der Waals surface area contributed by atoms with Gasteiger partial charge in [-0.05, 0) is 87.1 Å². The highest BCUT2D eigenvalue weighted by molar-refractivity contribution is 6.30. The van der Waals surface area contributed by atoms with Gasteiger partial charge in [-0.1, -0.05) is 67.4 Å². The number of amides is 1. The number of carboxylic acids is 1. The number of fused-ring (bicyclic) bond motifs is 2. The molecular weight excluding hydrogens is 522 g/mol.